The predicted octanol–water partition coefficient (Wildman–Crippen LogP) is 2.67. The van der Waals surface area contributed by atoms with E-state index < -0.39 is 0 Å². The highest BCUT2D eigenvalue weighted by Crippen LogP contribution is 2.22. The van der Waals surface area contributed by atoms with Gasteiger partial charge in [-0.1, -0.05) is 12.1 Å². The highest BCUT2D eigenvalue weighted by atomic mass is 32.1. The topological polar surface area (TPSA) is 82.0 Å². The minimum absolute atomic E-state index is 0.0254. The van der Waals surface area contributed by atoms with Crippen molar-refractivity contribution in [2.24, 2.45) is 14.1 Å². The highest BCUT2D eigenvalue weighted by Gasteiger charge is 2.26. The molecule has 0 spiro atoms. The van der Waals surface area contributed by atoms with Crippen LogP contribution >= 0.6 is 12.2 Å². The van der Waals surface area contributed by atoms with E-state index in [1.807, 2.05) is 7.05 Å². The zero-order valence-electron chi connectivity index (χ0n) is 17.5. The first-order valence-electron chi connectivity index (χ1n) is 9.87. The number of halogens is 1. The van der Waals surface area contributed by atoms with Crippen LogP contribution in [-0.2, 0) is 25.4 Å². The summed E-state index contributed by atoms with van der Waals surface area (Å²) in [6.07, 6.45) is 2.03. The van der Waals surface area contributed by atoms with Gasteiger partial charge in [0, 0.05) is 33.7 Å². The van der Waals surface area contributed by atoms with Crippen molar-refractivity contribution in [3.63, 3.8) is 0 Å². The summed E-state index contributed by atoms with van der Waals surface area (Å²) in [4.78, 5) is 2.18. The van der Waals surface area contributed by atoms with Crippen LogP contribution in [0.15, 0.2) is 24.3 Å². The molecule has 0 aliphatic carbocycles. The van der Waals surface area contributed by atoms with Crippen molar-refractivity contribution >= 4 is 18.0 Å². The molecule has 1 aromatic carbocycles. The Morgan fingerprint density at radius 1 is 1.27 bits per heavy atom. The number of benzene rings is 1. The number of hydrogen-bond donors (Lipinski definition) is 2. The van der Waals surface area contributed by atoms with Crippen molar-refractivity contribution in [3.05, 3.63) is 51.5 Å². The van der Waals surface area contributed by atoms with Gasteiger partial charge in [-0.3, -0.25) is 10.3 Å². The van der Waals surface area contributed by atoms with Crippen LogP contribution in [0.1, 0.15) is 24.0 Å². The molecule has 30 heavy (non-hydrogen) atoms. The summed E-state index contributed by atoms with van der Waals surface area (Å²) in [6.45, 7) is 2.07. The van der Waals surface area contributed by atoms with Gasteiger partial charge in [-0.2, -0.15) is 5.26 Å². The molecule has 0 saturated carbocycles. The Hall–Kier alpha value is -2.54. The average Bonchev–Trinajstić information content (AvgIpc) is 3.16. The third-order valence-electron chi connectivity index (χ3n) is 5.40. The fourth-order valence-electron chi connectivity index (χ4n) is 3.77. The predicted molar refractivity (Wildman–Crippen MR) is 115 cm³/mol. The Morgan fingerprint density at radius 3 is 2.60 bits per heavy atom. The average molecular weight is 431 g/mol. The summed E-state index contributed by atoms with van der Waals surface area (Å²) < 4.78 is 22.9. The maximum Gasteiger partial charge on any atom is 0.182 e. The van der Waals surface area contributed by atoms with E-state index in [1.54, 1.807) is 30.8 Å². The Labute approximate surface area is 180 Å². The van der Waals surface area contributed by atoms with Crippen molar-refractivity contribution in [2.75, 3.05) is 25.5 Å². The fourth-order valence-corrected chi connectivity index (χ4v) is 3.95. The summed E-state index contributed by atoms with van der Waals surface area (Å²) >= 11 is 5.35. The molecule has 2 atom stereocenters. The zero-order chi connectivity index (χ0) is 21.8. The lowest BCUT2D eigenvalue weighted by Crippen LogP contribution is -2.31. The van der Waals surface area contributed by atoms with E-state index in [4.69, 9.17) is 22.4 Å². The van der Waals surface area contributed by atoms with E-state index in [0.29, 0.717) is 17.1 Å². The molecule has 2 N–H and O–H groups in total. The molecule has 0 amide bonds. The van der Waals surface area contributed by atoms with Crippen molar-refractivity contribution in [3.8, 4) is 6.07 Å². The molecule has 1 aromatic heterocycles. The number of nitrogens with one attached hydrogen (secondary N) is 2. The number of rotatable bonds is 7. The van der Waals surface area contributed by atoms with Gasteiger partial charge in [-0.15, -0.1) is 0 Å². The molecule has 160 valence electrons. The molecule has 0 bridgehead atoms. The number of anilines is 1. The number of nitrogens with zero attached hydrogens (tertiary/aromatic N) is 4. The lowest BCUT2D eigenvalue weighted by atomic mass is 10.1. The molecular formula is C21H27FN6OS. The van der Waals surface area contributed by atoms with E-state index in [0.717, 1.165) is 31.5 Å². The minimum atomic E-state index is -0.225. The Morgan fingerprint density at radius 2 is 1.93 bits per heavy atom. The molecule has 1 fully saturated rings. The highest BCUT2D eigenvalue weighted by molar-refractivity contribution is 7.71. The summed E-state index contributed by atoms with van der Waals surface area (Å²) in [5, 5.41) is 20.9. The van der Waals surface area contributed by atoms with Gasteiger partial charge in [-0.05, 0) is 49.8 Å². The van der Waals surface area contributed by atoms with Crippen LogP contribution in [0.2, 0.25) is 0 Å². The Balaban J connectivity index is 1.56. The second kappa shape index (κ2) is 9.51. The maximum atomic E-state index is 13.1. The zero-order valence-corrected chi connectivity index (χ0v) is 18.3. The third-order valence-corrected chi connectivity index (χ3v) is 5.95. The summed E-state index contributed by atoms with van der Waals surface area (Å²) in [7, 11) is 5.50. The molecule has 7 nitrogen and oxygen atoms in total. The van der Waals surface area contributed by atoms with Crippen LogP contribution in [0.4, 0.5) is 10.2 Å². The standard InChI is InChI=1S/C21H27FN6OS/c1-26(12-14-4-6-15(22)7-5-14)13-17-9-8-16(29-17)11-25-20-18(10-23)19(24)27(2)21(30)28(20)3/h4-7,16-17,24-25H,8-9,11-13H2,1-3H3/t16-,17-/m0/s1. The van der Waals surface area contributed by atoms with E-state index in [-0.39, 0.29) is 29.1 Å². The van der Waals surface area contributed by atoms with Gasteiger partial charge in [-0.25, -0.2) is 4.39 Å². The molecular weight excluding hydrogens is 403 g/mol. The SMILES string of the molecule is CN(Cc1ccc(F)cc1)C[C@@H]1CC[C@@H](CNc2c(C#N)c(=N)n(C)c(=S)n2C)O1. The minimum Gasteiger partial charge on any atom is -0.372 e. The van der Waals surface area contributed by atoms with E-state index in [2.05, 4.69) is 16.3 Å². The van der Waals surface area contributed by atoms with Gasteiger partial charge in [0.25, 0.3) is 0 Å². The Kier molecular flexibility index (Phi) is 7.02. The normalized spacial score (nSPS) is 18.5. The first-order valence-corrected chi connectivity index (χ1v) is 10.3. The number of aromatic nitrogens is 2. The lowest BCUT2D eigenvalue weighted by Gasteiger charge is -2.22. The van der Waals surface area contributed by atoms with Crippen LogP contribution in [0.25, 0.3) is 0 Å². The van der Waals surface area contributed by atoms with Crippen LogP contribution in [0.3, 0.4) is 0 Å². The second-order valence-electron chi connectivity index (χ2n) is 7.75. The van der Waals surface area contributed by atoms with Crippen molar-refractivity contribution in [2.45, 2.75) is 31.6 Å². The van der Waals surface area contributed by atoms with Crippen molar-refractivity contribution in [1.29, 1.82) is 10.7 Å². The molecule has 1 aliphatic heterocycles. The molecule has 2 aromatic rings. The van der Waals surface area contributed by atoms with E-state index >= 15 is 0 Å². The molecule has 3 rings (SSSR count). The largest absolute Gasteiger partial charge is 0.372 e. The molecule has 1 saturated heterocycles. The first-order chi connectivity index (χ1) is 14.3. The maximum absolute atomic E-state index is 13.1. The van der Waals surface area contributed by atoms with Crippen molar-refractivity contribution in [1.82, 2.24) is 14.0 Å². The number of likely N-dealkylation sites (N-methyl/N-ethyl adjacent to an activating group) is 1. The second-order valence-corrected chi connectivity index (χ2v) is 8.11. The quantitative estimate of drug-likeness (QED) is 0.660. The van der Waals surface area contributed by atoms with Gasteiger partial charge < -0.3 is 19.2 Å². The van der Waals surface area contributed by atoms with Crippen LogP contribution < -0.4 is 10.8 Å². The summed E-state index contributed by atoms with van der Waals surface area (Å²) in [5.74, 6) is 0.322. The van der Waals surface area contributed by atoms with E-state index in [9.17, 15) is 9.65 Å². The molecule has 2 heterocycles. The van der Waals surface area contributed by atoms with Gasteiger partial charge >= 0.3 is 0 Å². The number of nitriles is 1. The molecule has 1 aliphatic rings. The van der Waals surface area contributed by atoms with Gasteiger partial charge in [0.15, 0.2) is 4.77 Å². The van der Waals surface area contributed by atoms with Crippen LogP contribution in [-0.4, -0.2) is 46.4 Å². The molecule has 9 heteroatoms. The smallest absolute Gasteiger partial charge is 0.182 e. The Bertz CT molecular complexity index is 1060. The van der Waals surface area contributed by atoms with Gasteiger partial charge in [0.2, 0.25) is 0 Å². The fraction of sp³-hybridized carbons (Fsp3) is 0.476. The number of hydrogen-bond acceptors (Lipinski definition) is 6. The summed E-state index contributed by atoms with van der Waals surface area (Å²) in [6, 6.07) is 8.66. The van der Waals surface area contributed by atoms with E-state index in [1.165, 1.54) is 16.7 Å². The van der Waals surface area contributed by atoms with Crippen LogP contribution in [0, 0.1) is 27.3 Å². The first kappa shape index (κ1) is 22.2. The van der Waals surface area contributed by atoms with Crippen molar-refractivity contribution < 1.29 is 9.13 Å². The third kappa shape index (κ3) is 4.95. The van der Waals surface area contributed by atoms with Gasteiger partial charge in [0.1, 0.15) is 28.8 Å². The summed E-state index contributed by atoms with van der Waals surface area (Å²) in [5.41, 5.74) is 1.42. The number of ether oxygens (including phenoxy) is 1. The van der Waals surface area contributed by atoms with Crippen LogP contribution in [0.5, 0.6) is 0 Å². The monoisotopic (exact) mass is 430 g/mol. The molecule has 0 radical (unpaired) electrons. The molecule has 0 unspecified atom stereocenters. The van der Waals surface area contributed by atoms with Gasteiger partial charge in [0.05, 0.1) is 12.2 Å². The lowest BCUT2D eigenvalue weighted by molar-refractivity contribution is 0.0324.